The highest BCUT2D eigenvalue weighted by molar-refractivity contribution is 5.72. The second kappa shape index (κ2) is 10.4. The van der Waals surface area contributed by atoms with Crippen LogP contribution < -0.4 is 0 Å². The fourth-order valence-electron chi connectivity index (χ4n) is 1.64. The van der Waals surface area contributed by atoms with Gasteiger partial charge in [0.25, 0.3) is 0 Å². The molecule has 0 radical (unpaired) electrons. The first-order chi connectivity index (χ1) is 9.77. The molecule has 0 aliphatic carbocycles. The Kier molecular flexibility index (Phi) is 8.62. The standard InChI is InChI=1S/C15H22O5/c1-17-7-8-19-9-10-20-12-14-6-4-3-5-13(14)11-15(16)18-2/h3-6H,7-12H2,1-2H3. The van der Waals surface area contributed by atoms with Gasteiger partial charge in [-0.1, -0.05) is 24.3 Å². The number of esters is 1. The topological polar surface area (TPSA) is 54.0 Å². The second-order valence-corrected chi connectivity index (χ2v) is 4.18. The molecule has 0 bridgehead atoms. The molecule has 0 aliphatic rings. The van der Waals surface area contributed by atoms with Gasteiger partial charge in [-0.05, 0) is 11.1 Å². The van der Waals surface area contributed by atoms with Crippen molar-refractivity contribution in [3.63, 3.8) is 0 Å². The number of ether oxygens (including phenoxy) is 4. The summed E-state index contributed by atoms with van der Waals surface area (Å²) in [7, 11) is 3.02. The van der Waals surface area contributed by atoms with Crippen LogP contribution in [0, 0.1) is 0 Å². The Balaban J connectivity index is 2.30. The monoisotopic (exact) mass is 282 g/mol. The van der Waals surface area contributed by atoms with Crippen LogP contribution >= 0.6 is 0 Å². The van der Waals surface area contributed by atoms with E-state index in [0.717, 1.165) is 11.1 Å². The van der Waals surface area contributed by atoms with Gasteiger partial charge in [0.15, 0.2) is 0 Å². The van der Waals surface area contributed by atoms with Crippen molar-refractivity contribution >= 4 is 5.97 Å². The van der Waals surface area contributed by atoms with Crippen molar-refractivity contribution < 1.29 is 23.7 Å². The number of methoxy groups -OCH3 is 2. The molecule has 0 aromatic heterocycles. The molecule has 0 heterocycles. The van der Waals surface area contributed by atoms with Crippen molar-refractivity contribution in [2.75, 3.05) is 40.6 Å². The van der Waals surface area contributed by atoms with Gasteiger partial charge in [-0.3, -0.25) is 4.79 Å². The number of rotatable bonds is 10. The molecule has 0 spiro atoms. The maximum absolute atomic E-state index is 11.3. The zero-order valence-corrected chi connectivity index (χ0v) is 12.1. The molecule has 0 saturated carbocycles. The third-order valence-electron chi connectivity index (χ3n) is 2.74. The van der Waals surface area contributed by atoms with Gasteiger partial charge in [0.1, 0.15) is 0 Å². The van der Waals surface area contributed by atoms with Crippen molar-refractivity contribution in [2.24, 2.45) is 0 Å². The van der Waals surface area contributed by atoms with E-state index >= 15 is 0 Å². The summed E-state index contributed by atoms with van der Waals surface area (Å²) in [5.74, 6) is -0.250. The van der Waals surface area contributed by atoms with Crippen LogP contribution in [0.4, 0.5) is 0 Å². The number of hydrogen-bond donors (Lipinski definition) is 0. The van der Waals surface area contributed by atoms with Crippen LogP contribution in [0.15, 0.2) is 24.3 Å². The van der Waals surface area contributed by atoms with E-state index in [2.05, 4.69) is 4.74 Å². The third-order valence-corrected chi connectivity index (χ3v) is 2.74. The molecular formula is C15H22O5. The predicted octanol–water partition coefficient (Wildman–Crippen LogP) is 1.58. The van der Waals surface area contributed by atoms with Crippen LogP contribution in [0.25, 0.3) is 0 Å². The molecule has 0 amide bonds. The molecule has 1 aromatic rings. The molecule has 1 aromatic carbocycles. The van der Waals surface area contributed by atoms with Crippen LogP contribution in [0.1, 0.15) is 11.1 Å². The smallest absolute Gasteiger partial charge is 0.309 e. The molecule has 5 nitrogen and oxygen atoms in total. The number of benzene rings is 1. The van der Waals surface area contributed by atoms with Crippen LogP contribution in [-0.2, 0) is 36.8 Å². The van der Waals surface area contributed by atoms with Crippen molar-refractivity contribution in [3.8, 4) is 0 Å². The normalized spacial score (nSPS) is 10.5. The van der Waals surface area contributed by atoms with Gasteiger partial charge in [-0.15, -0.1) is 0 Å². The molecule has 112 valence electrons. The lowest BCUT2D eigenvalue weighted by molar-refractivity contribution is -0.139. The Bertz CT molecular complexity index is 392. The van der Waals surface area contributed by atoms with Crippen LogP contribution in [0.5, 0.6) is 0 Å². The summed E-state index contributed by atoms with van der Waals surface area (Å²) in [5.41, 5.74) is 1.93. The van der Waals surface area contributed by atoms with Crippen molar-refractivity contribution in [1.82, 2.24) is 0 Å². The predicted molar refractivity (Wildman–Crippen MR) is 74.5 cm³/mol. The molecule has 1 rings (SSSR count). The second-order valence-electron chi connectivity index (χ2n) is 4.18. The zero-order chi connectivity index (χ0) is 14.6. The Morgan fingerprint density at radius 1 is 0.950 bits per heavy atom. The molecule has 20 heavy (non-hydrogen) atoms. The molecule has 0 aliphatic heterocycles. The number of carbonyl (C=O) groups excluding carboxylic acids is 1. The van der Waals surface area contributed by atoms with Crippen molar-refractivity contribution in [1.29, 1.82) is 0 Å². The van der Waals surface area contributed by atoms with E-state index in [1.807, 2.05) is 24.3 Å². The van der Waals surface area contributed by atoms with Gasteiger partial charge >= 0.3 is 5.97 Å². The summed E-state index contributed by atoms with van der Waals surface area (Å²) in [5, 5.41) is 0. The highest BCUT2D eigenvalue weighted by Crippen LogP contribution is 2.11. The first-order valence-corrected chi connectivity index (χ1v) is 6.56. The van der Waals surface area contributed by atoms with Gasteiger partial charge < -0.3 is 18.9 Å². The van der Waals surface area contributed by atoms with Crippen LogP contribution in [-0.4, -0.2) is 46.6 Å². The molecular weight excluding hydrogens is 260 g/mol. The van der Waals surface area contributed by atoms with Gasteiger partial charge in [0.05, 0.1) is 46.6 Å². The fraction of sp³-hybridized carbons (Fsp3) is 0.533. The highest BCUT2D eigenvalue weighted by Gasteiger charge is 2.07. The molecule has 5 heteroatoms. The molecule has 0 atom stereocenters. The number of carbonyl (C=O) groups is 1. The van der Waals surface area contributed by atoms with E-state index < -0.39 is 0 Å². The number of hydrogen-bond acceptors (Lipinski definition) is 5. The van der Waals surface area contributed by atoms with E-state index in [1.54, 1.807) is 7.11 Å². The summed E-state index contributed by atoms with van der Waals surface area (Å²) < 4.78 is 20.4. The minimum absolute atomic E-state index is 0.250. The van der Waals surface area contributed by atoms with E-state index in [-0.39, 0.29) is 12.4 Å². The van der Waals surface area contributed by atoms with Gasteiger partial charge in [0, 0.05) is 7.11 Å². The quantitative estimate of drug-likeness (QED) is 0.482. The summed E-state index contributed by atoms with van der Waals surface area (Å²) >= 11 is 0. The van der Waals surface area contributed by atoms with Crippen molar-refractivity contribution in [3.05, 3.63) is 35.4 Å². The Morgan fingerprint density at radius 2 is 1.60 bits per heavy atom. The van der Waals surface area contributed by atoms with E-state index in [1.165, 1.54) is 7.11 Å². The molecule has 0 N–H and O–H groups in total. The maximum Gasteiger partial charge on any atom is 0.309 e. The summed E-state index contributed by atoms with van der Waals surface area (Å²) in [6.45, 7) is 2.65. The van der Waals surface area contributed by atoms with Crippen molar-refractivity contribution in [2.45, 2.75) is 13.0 Å². The summed E-state index contributed by atoms with van der Waals surface area (Å²) in [6.07, 6.45) is 0.264. The van der Waals surface area contributed by atoms with Gasteiger partial charge in [0.2, 0.25) is 0 Å². The average molecular weight is 282 g/mol. The molecule has 0 saturated heterocycles. The fourth-order valence-corrected chi connectivity index (χ4v) is 1.64. The largest absolute Gasteiger partial charge is 0.469 e. The minimum atomic E-state index is -0.250. The first kappa shape index (κ1) is 16.6. The highest BCUT2D eigenvalue weighted by atomic mass is 16.5. The Hall–Kier alpha value is -1.43. The lowest BCUT2D eigenvalue weighted by atomic mass is 10.1. The van der Waals surface area contributed by atoms with Gasteiger partial charge in [-0.25, -0.2) is 0 Å². The van der Waals surface area contributed by atoms with Crippen LogP contribution in [0.3, 0.4) is 0 Å². The summed E-state index contributed by atoms with van der Waals surface area (Å²) in [4.78, 5) is 11.3. The average Bonchev–Trinajstić information content (AvgIpc) is 2.47. The van der Waals surface area contributed by atoms with E-state index in [9.17, 15) is 4.79 Å². The SMILES string of the molecule is COCCOCCOCc1ccccc1CC(=O)OC. The Morgan fingerprint density at radius 3 is 2.30 bits per heavy atom. The molecule has 0 unspecified atom stereocenters. The van der Waals surface area contributed by atoms with E-state index in [0.29, 0.717) is 33.0 Å². The Labute approximate surface area is 119 Å². The lowest BCUT2D eigenvalue weighted by Crippen LogP contribution is -2.10. The van der Waals surface area contributed by atoms with Gasteiger partial charge in [-0.2, -0.15) is 0 Å². The van der Waals surface area contributed by atoms with E-state index in [4.69, 9.17) is 14.2 Å². The zero-order valence-electron chi connectivity index (χ0n) is 12.1. The first-order valence-electron chi connectivity index (χ1n) is 6.56. The summed E-state index contributed by atoms with van der Waals surface area (Å²) in [6, 6.07) is 7.68. The third kappa shape index (κ3) is 6.65. The maximum atomic E-state index is 11.3. The molecule has 0 fully saturated rings. The van der Waals surface area contributed by atoms with Crippen LogP contribution in [0.2, 0.25) is 0 Å². The minimum Gasteiger partial charge on any atom is -0.469 e. The lowest BCUT2D eigenvalue weighted by Gasteiger charge is -2.09.